The third-order valence-corrected chi connectivity index (χ3v) is 3.57. The summed E-state index contributed by atoms with van der Waals surface area (Å²) in [5.74, 6) is 0.966. The molecule has 1 saturated heterocycles. The van der Waals surface area contributed by atoms with Crippen molar-refractivity contribution in [3.8, 4) is 0 Å². The van der Waals surface area contributed by atoms with E-state index in [9.17, 15) is 0 Å². The Labute approximate surface area is 86.6 Å². The second-order valence-corrected chi connectivity index (χ2v) is 4.60. The van der Waals surface area contributed by atoms with E-state index in [2.05, 4.69) is 4.90 Å². The van der Waals surface area contributed by atoms with Crippen LogP contribution in [0.3, 0.4) is 0 Å². The van der Waals surface area contributed by atoms with E-state index >= 15 is 0 Å². The molecular weight excluding hydrogens is 176 g/mol. The highest BCUT2D eigenvalue weighted by Crippen LogP contribution is 2.28. The van der Waals surface area contributed by atoms with Crippen LogP contribution in [-0.4, -0.2) is 43.8 Å². The van der Waals surface area contributed by atoms with Crippen molar-refractivity contribution in [2.24, 2.45) is 11.7 Å². The van der Waals surface area contributed by atoms with Crippen LogP contribution in [0, 0.1) is 5.92 Å². The first-order valence-corrected chi connectivity index (χ1v) is 5.92. The van der Waals surface area contributed by atoms with Crippen LogP contribution in [0.1, 0.15) is 25.7 Å². The molecule has 2 aliphatic rings. The molecule has 0 spiro atoms. The fourth-order valence-electron chi connectivity index (χ4n) is 2.39. The summed E-state index contributed by atoms with van der Waals surface area (Å²) in [6, 6.07) is 0.592. The number of ether oxygens (including phenoxy) is 1. The molecule has 2 fully saturated rings. The smallest absolute Gasteiger partial charge is 0.0622 e. The average Bonchev–Trinajstić information content (AvgIpc) is 2.14. The molecule has 0 aromatic rings. The van der Waals surface area contributed by atoms with Crippen molar-refractivity contribution in [3.05, 3.63) is 0 Å². The maximum atomic E-state index is 5.62. The predicted molar refractivity (Wildman–Crippen MR) is 57.2 cm³/mol. The summed E-state index contributed by atoms with van der Waals surface area (Å²) in [6.45, 7) is 4.99. The van der Waals surface area contributed by atoms with Gasteiger partial charge in [-0.1, -0.05) is 6.42 Å². The lowest BCUT2D eigenvalue weighted by Gasteiger charge is -2.39. The van der Waals surface area contributed by atoms with Gasteiger partial charge >= 0.3 is 0 Å². The van der Waals surface area contributed by atoms with Crippen LogP contribution >= 0.6 is 0 Å². The third kappa shape index (κ3) is 2.47. The number of rotatable bonds is 4. The van der Waals surface area contributed by atoms with Crippen molar-refractivity contribution >= 4 is 0 Å². The van der Waals surface area contributed by atoms with Crippen molar-refractivity contribution in [1.82, 2.24) is 4.90 Å². The number of morpholine rings is 1. The SMILES string of the molecule is NCCC1COCCN1CC1CCC1. The Kier molecular flexibility index (Phi) is 3.79. The van der Waals surface area contributed by atoms with Crippen LogP contribution in [-0.2, 0) is 4.74 Å². The minimum atomic E-state index is 0.592. The lowest BCUT2D eigenvalue weighted by atomic mass is 9.84. The molecule has 1 unspecified atom stereocenters. The van der Waals surface area contributed by atoms with Gasteiger partial charge in [-0.05, 0) is 31.7 Å². The molecule has 2 rings (SSSR count). The van der Waals surface area contributed by atoms with Crippen LogP contribution in [0.5, 0.6) is 0 Å². The highest BCUT2D eigenvalue weighted by molar-refractivity contribution is 4.80. The lowest BCUT2D eigenvalue weighted by molar-refractivity contribution is -0.0216. The minimum Gasteiger partial charge on any atom is -0.378 e. The van der Waals surface area contributed by atoms with Crippen LogP contribution in [0.2, 0.25) is 0 Å². The van der Waals surface area contributed by atoms with Crippen molar-refractivity contribution < 1.29 is 4.74 Å². The van der Waals surface area contributed by atoms with Gasteiger partial charge < -0.3 is 10.5 Å². The molecule has 2 N–H and O–H groups in total. The number of hydrogen-bond acceptors (Lipinski definition) is 3. The first-order chi connectivity index (χ1) is 6.90. The van der Waals surface area contributed by atoms with Gasteiger partial charge in [-0.3, -0.25) is 4.90 Å². The summed E-state index contributed by atoms with van der Waals surface area (Å²) >= 11 is 0. The number of nitrogens with zero attached hydrogens (tertiary/aromatic N) is 1. The van der Waals surface area contributed by atoms with Crippen LogP contribution in [0.25, 0.3) is 0 Å². The van der Waals surface area contributed by atoms with E-state index in [0.29, 0.717) is 6.04 Å². The summed E-state index contributed by atoms with van der Waals surface area (Å²) in [4.78, 5) is 2.60. The summed E-state index contributed by atoms with van der Waals surface area (Å²) in [7, 11) is 0. The Morgan fingerprint density at radius 2 is 2.21 bits per heavy atom. The molecule has 1 aliphatic heterocycles. The van der Waals surface area contributed by atoms with Gasteiger partial charge in [0.25, 0.3) is 0 Å². The van der Waals surface area contributed by atoms with Crippen molar-refractivity contribution in [2.75, 3.05) is 32.8 Å². The van der Waals surface area contributed by atoms with Gasteiger partial charge in [0.2, 0.25) is 0 Å². The first-order valence-electron chi connectivity index (χ1n) is 5.92. The van der Waals surface area contributed by atoms with E-state index in [1.165, 1.54) is 25.8 Å². The monoisotopic (exact) mass is 198 g/mol. The van der Waals surface area contributed by atoms with Gasteiger partial charge in [-0.25, -0.2) is 0 Å². The molecule has 1 saturated carbocycles. The number of nitrogens with two attached hydrogens (primary N) is 1. The maximum absolute atomic E-state index is 5.62. The molecule has 0 aromatic heterocycles. The highest BCUT2D eigenvalue weighted by Gasteiger charge is 2.27. The van der Waals surface area contributed by atoms with E-state index in [0.717, 1.165) is 38.6 Å². The standard InChI is InChI=1S/C11H22N2O/c12-5-4-11-9-14-7-6-13(11)8-10-2-1-3-10/h10-11H,1-9,12H2. The highest BCUT2D eigenvalue weighted by atomic mass is 16.5. The van der Waals surface area contributed by atoms with E-state index in [1.54, 1.807) is 0 Å². The number of hydrogen-bond donors (Lipinski definition) is 1. The summed E-state index contributed by atoms with van der Waals surface area (Å²) < 4.78 is 5.50. The van der Waals surface area contributed by atoms with Gasteiger partial charge in [0.1, 0.15) is 0 Å². The average molecular weight is 198 g/mol. The second kappa shape index (κ2) is 5.10. The molecule has 0 amide bonds. The van der Waals surface area contributed by atoms with E-state index in [4.69, 9.17) is 10.5 Å². The van der Waals surface area contributed by atoms with E-state index < -0.39 is 0 Å². The zero-order valence-electron chi connectivity index (χ0n) is 8.95. The zero-order chi connectivity index (χ0) is 9.80. The van der Waals surface area contributed by atoms with Gasteiger partial charge in [-0.2, -0.15) is 0 Å². The van der Waals surface area contributed by atoms with Gasteiger partial charge in [-0.15, -0.1) is 0 Å². The molecule has 0 aromatic carbocycles. The molecule has 3 nitrogen and oxygen atoms in total. The van der Waals surface area contributed by atoms with Crippen LogP contribution < -0.4 is 5.73 Å². The molecule has 1 atom stereocenters. The fourth-order valence-corrected chi connectivity index (χ4v) is 2.39. The fraction of sp³-hybridized carbons (Fsp3) is 1.00. The Bertz CT molecular complexity index is 169. The Morgan fingerprint density at radius 1 is 1.36 bits per heavy atom. The molecule has 1 heterocycles. The first kappa shape index (κ1) is 10.4. The third-order valence-electron chi connectivity index (χ3n) is 3.57. The topological polar surface area (TPSA) is 38.5 Å². The summed E-state index contributed by atoms with van der Waals surface area (Å²) in [6.07, 6.45) is 5.41. The molecule has 14 heavy (non-hydrogen) atoms. The zero-order valence-corrected chi connectivity index (χ0v) is 8.95. The predicted octanol–water partition coefficient (Wildman–Crippen LogP) is 0.836. The van der Waals surface area contributed by atoms with Crippen molar-refractivity contribution in [3.63, 3.8) is 0 Å². The van der Waals surface area contributed by atoms with Gasteiger partial charge in [0.05, 0.1) is 13.2 Å². The molecule has 82 valence electrons. The van der Waals surface area contributed by atoms with E-state index in [1.807, 2.05) is 0 Å². The second-order valence-electron chi connectivity index (χ2n) is 4.60. The molecule has 0 radical (unpaired) electrons. The molecule has 1 aliphatic carbocycles. The van der Waals surface area contributed by atoms with Gasteiger partial charge in [0, 0.05) is 19.1 Å². The maximum Gasteiger partial charge on any atom is 0.0622 e. The molecular formula is C11H22N2O. The Morgan fingerprint density at radius 3 is 2.86 bits per heavy atom. The lowest BCUT2D eigenvalue weighted by Crippen LogP contribution is -2.48. The normalized spacial score (nSPS) is 30.2. The Balaban J connectivity index is 1.78. The molecule has 0 bridgehead atoms. The quantitative estimate of drug-likeness (QED) is 0.727. The van der Waals surface area contributed by atoms with Crippen molar-refractivity contribution in [2.45, 2.75) is 31.7 Å². The largest absolute Gasteiger partial charge is 0.378 e. The van der Waals surface area contributed by atoms with Crippen LogP contribution in [0.4, 0.5) is 0 Å². The van der Waals surface area contributed by atoms with E-state index in [-0.39, 0.29) is 0 Å². The molecule has 3 heteroatoms. The minimum absolute atomic E-state index is 0.592. The summed E-state index contributed by atoms with van der Waals surface area (Å²) in [5, 5.41) is 0. The van der Waals surface area contributed by atoms with Crippen LogP contribution in [0.15, 0.2) is 0 Å². The van der Waals surface area contributed by atoms with Crippen molar-refractivity contribution in [1.29, 1.82) is 0 Å². The van der Waals surface area contributed by atoms with Gasteiger partial charge in [0.15, 0.2) is 0 Å². The summed E-state index contributed by atoms with van der Waals surface area (Å²) in [5.41, 5.74) is 5.62. The Hall–Kier alpha value is -0.120.